The van der Waals surface area contributed by atoms with E-state index in [0.717, 1.165) is 19.3 Å². The second kappa shape index (κ2) is 7.10. The van der Waals surface area contributed by atoms with Crippen LogP contribution in [0.25, 0.3) is 0 Å². The Labute approximate surface area is 82.4 Å². The molecule has 0 spiro atoms. The first-order valence-electron chi connectivity index (χ1n) is 4.94. The van der Waals surface area contributed by atoms with Crippen LogP contribution in [0.2, 0.25) is 0 Å². The minimum atomic E-state index is 0.336. The molecule has 2 heteroatoms. The molecule has 2 atom stereocenters. The van der Waals surface area contributed by atoms with Crippen molar-refractivity contribution in [3.8, 4) is 0 Å². The quantitative estimate of drug-likeness (QED) is 0.615. The molecule has 0 saturated carbocycles. The van der Waals surface area contributed by atoms with Crippen molar-refractivity contribution in [3.05, 3.63) is 12.2 Å². The standard InChI is InChI=1S/C11H23NO/c1-9(2)6-7-11(12-4)8-10(3)13-5/h10-12H,1,6-8H2,2-5H3. The van der Waals surface area contributed by atoms with Gasteiger partial charge in [-0.1, -0.05) is 5.57 Å². The van der Waals surface area contributed by atoms with Crippen LogP contribution >= 0.6 is 0 Å². The number of rotatable bonds is 7. The van der Waals surface area contributed by atoms with Crippen LogP contribution in [0.4, 0.5) is 0 Å². The normalized spacial score (nSPS) is 15.4. The van der Waals surface area contributed by atoms with Gasteiger partial charge in [-0.25, -0.2) is 0 Å². The van der Waals surface area contributed by atoms with E-state index in [-0.39, 0.29) is 0 Å². The van der Waals surface area contributed by atoms with Crippen LogP contribution in [-0.2, 0) is 4.74 Å². The van der Waals surface area contributed by atoms with E-state index in [4.69, 9.17) is 4.74 Å². The van der Waals surface area contributed by atoms with Gasteiger partial charge >= 0.3 is 0 Å². The maximum Gasteiger partial charge on any atom is 0.0558 e. The average Bonchev–Trinajstić information content (AvgIpc) is 2.11. The predicted octanol–water partition coefficient (Wildman–Crippen LogP) is 2.36. The fourth-order valence-electron chi connectivity index (χ4n) is 1.30. The van der Waals surface area contributed by atoms with Gasteiger partial charge in [0.05, 0.1) is 6.10 Å². The molecule has 0 bridgehead atoms. The van der Waals surface area contributed by atoms with E-state index in [1.54, 1.807) is 7.11 Å². The Hall–Kier alpha value is -0.340. The Kier molecular flexibility index (Phi) is 6.92. The molecule has 0 aliphatic heterocycles. The van der Waals surface area contributed by atoms with Crippen LogP contribution in [-0.4, -0.2) is 26.3 Å². The second-order valence-corrected chi connectivity index (χ2v) is 3.76. The SMILES string of the molecule is C=C(C)CCC(CC(C)OC)NC. The Balaban J connectivity index is 3.68. The monoisotopic (exact) mass is 185 g/mol. The summed E-state index contributed by atoms with van der Waals surface area (Å²) in [5, 5.41) is 3.30. The molecule has 0 amide bonds. The lowest BCUT2D eigenvalue weighted by Crippen LogP contribution is -2.29. The van der Waals surface area contributed by atoms with Gasteiger partial charge in [-0.05, 0) is 40.2 Å². The average molecular weight is 185 g/mol. The Morgan fingerprint density at radius 3 is 2.54 bits per heavy atom. The van der Waals surface area contributed by atoms with Gasteiger partial charge in [-0.2, -0.15) is 0 Å². The van der Waals surface area contributed by atoms with Crippen LogP contribution in [0.1, 0.15) is 33.1 Å². The van der Waals surface area contributed by atoms with Crippen LogP contribution in [0.3, 0.4) is 0 Å². The van der Waals surface area contributed by atoms with Crippen molar-refractivity contribution < 1.29 is 4.74 Å². The van der Waals surface area contributed by atoms with Crippen molar-refractivity contribution in [1.29, 1.82) is 0 Å². The fourth-order valence-corrected chi connectivity index (χ4v) is 1.30. The van der Waals surface area contributed by atoms with E-state index in [1.807, 2.05) is 7.05 Å². The fraction of sp³-hybridized carbons (Fsp3) is 0.818. The molecule has 0 radical (unpaired) electrons. The van der Waals surface area contributed by atoms with E-state index < -0.39 is 0 Å². The highest BCUT2D eigenvalue weighted by atomic mass is 16.5. The minimum absolute atomic E-state index is 0.336. The number of ether oxygens (including phenoxy) is 1. The van der Waals surface area contributed by atoms with Crippen molar-refractivity contribution in [2.24, 2.45) is 0 Å². The van der Waals surface area contributed by atoms with Gasteiger partial charge in [0.15, 0.2) is 0 Å². The Bertz CT molecular complexity index is 145. The Morgan fingerprint density at radius 1 is 1.54 bits per heavy atom. The van der Waals surface area contributed by atoms with Gasteiger partial charge in [0.1, 0.15) is 0 Å². The molecule has 2 unspecified atom stereocenters. The summed E-state index contributed by atoms with van der Waals surface area (Å²) in [6.07, 6.45) is 3.66. The molecule has 0 aliphatic rings. The molecule has 1 N–H and O–H groups in total. The van der Waals surface area contributed by atoms with E-state index >= 15 is 0 Å². The number of hydrogen-bond acceptors (Lipinski definition) is 2. The van der Waals surface area contributed by atoms with E-state index in [2.05, 4.69) is 25.7 Å². The topological polar surface area (TPSA) is 21.3 Å². The molecule has 0 heterocycles. The summed E-state index contributed by atoms with van der Waals surface area (Å²) in [4.78, 5) is 0. The van der Waals surface area contributed by atoms with Gasteiger partial charge in [-0.15, -0.1) is 6.58 Å². The molecule has 13 heavy (non-hydrogen) atoms. The van der Waals surface area contributed by atoms with Crippen molar-refractivity contribution >= 4 is 0 Å². The zero-order valence-corrected chi connectivity index (χ0v) is 9.39. The van der Waals surface area contributed by atoms with Crippen LogP contribution in [0.5, 0.6) is 0 Å². The molecule has 2 nitrogen and oxygen atoms in total. The number of methoxy groups -OCH3 is 1. The molecular weight excluding hydrogens is 162 g/mol. The van der Waals surface area contributed by atoms with Crippen molar-refractivity contribution in [1.82, 2.24) is 5.32 Å². The molecule has 78 valence electrons. The summed E-state index contributed by atoms with van der Waals surface area (Å²) in [5.74, 6) is 0. The van der Waals surface area contributed by atoms with Gasteiger partial charge < -0.3 is 10.1 Å². The molecule has 0 rings (SSSR count). The largest absolute Gasteiger partial charge is 0.382 e. The molecule has 0 aromatic rings. The number of hydrogen-bond donors (Lipinski definition) is 1. The highest BCUT2D eigenvalue weighted by Crippen LogP contribution is 2.10. The molecule has 0 aromatic heterocycles. The third-order valence-electron chi connectivity index (χ3n) is 2.35. The maximum atomic E-state index is 5.23. The highest BCUT2D eigenvalue weighted by molar-refractivity contribution is 4.89. The zero-order valence-electron chi connectivity index (χ0n) is 9.39. The van der Waals surface area contributed by atoms with Crippen LogP contribution < -0.4 is 5.32 Å². The maximum absolute atomic E-state index is 5.23. The summed E-state index contributed by atoms with van der Waals surface area (Å²) in [7, 11) is 3.77. The lowest BCUT2D eigenvalue weighted by atomic mass is 10.0. The van der Waals surface area contributed by atoms with Crippen molar-refractivity contribution in [2.75, 3.05) is 14.2 Å². The van der Waals surface area contributed by atoms with Crippen LogP contribution in [0, 0.1) is 0 Å². The lowest BCUT2D eigenvalue weighted by Gasteiger charge is -2.19. The lowest BCUT2D eigenvalue weighted by molar-refractivity contribution is 0.100. The summed E-state index contributed by atoms with van der Waals surface area (Å²) in [6, 6.07) is 0.548. The van der Waals surface area contributed by atoms with Gasteiger partial charge in [0, 0.05) is 13.2 Å². The summed E-state index contributed by atoms with van der Waals surface area (Å²) in [5.41, 5.74) is 1.25. The van der Waals surface area contributed by atoms with E-state index in [9.17, 15) is 0 Å². The molecular formula is C11H23NO. The molecule has 0 fully saturated rings. The van der Waals surface area contributed by atoms with Gasteiger partial charge in [-0.3, -0.25) is 0 Å². The Morgan fingerprint density at radius 2 is 2.15 bits per heavy atom. The number of allylic oxidation sites excluding steroid dienone is 1. The summed E-state index contributed by atoms with van der Waals surface area (Å²) < 4.78 is 5.23. The molecule has 0 saturated heterocycles. The van der Waals surface area contributed by atoms with Gasteiger partial charge in [0.25, 0.3) is 0 Å². The van der Waals surface area contributed by atoms with E-state index in [1.165, 1.54) is 5.57 Å². The summed E-state index contributed by atoms with van der Waals surface area (Å²) >= 11 is 0. The third-order valence-corrected chi connectivity index (χ3v) is 2.35. The highest BCUT2D eigenvalue weighted by Gasteiger charge is 2.10. The summed E-state index contributed by atoms with van der Waals surface area (Å²) in [6.45, 7) is 8.08. The molecule has 0 aromatic carbocycles. The second-order valence-electron chi connectivity index (χ2n) is 3.76. The predicted molar refractivity (Wildman–Crippen MR) is 58.0 cm³/mol. The van der Waals surface area contributed by atoms with Crippen molar-refractivity contribution in [3.63, 3.8) is 0 Å². The molecule has 0 aliphatic carbocycles. The minimum Gasteiger partial charge on any atom is -0.382 e. The first kappa shape index (κ1) is 12.7. The first-order chi connectivity index (χ1) is 6.10. The third kappa shape index (κ3) is 6.79. The van der Waals surface area contributed by atoms with Crippen LogP contribution in [0.15, 0.2) is 12.2 Å². The van der Waals surface area contributed by atoms with Crippen molar-refractivity contribution in [2.45, 2.75) is 45.3 Å². The smallest absolute Gasteiger partial charge is 0.0558 e. The number of nitrogens with one attached hydrogen (secondary N) is 1. The van der Waals surface area contributed by atoms with E-state index in [0.29, 0.717) is 12.1 Å². The first-order valence-corrected chi connectivity index (χ1v) is 4.94. The van der Waals surface area contributed by atoms with Gasteiger partial charge in [0.2, 0.25) is 0 Å². The zero-order chi connectivity index (χ0) is 10.3.